The van der Waals surface area contributed by atoms with Gasteiger partial charge in [-0.15, -0.1) is 0 Å². The highest BCUT2D eigenvalue weighted by Gasteiger charge is 2.23. The minimum atomic E-state index is -3.51. The Labute approximate surface area is 127 Å². The van der Waals surface area contributed by atoms with Crippen LogP contribution < -0.4 is 15.8 Å². The van der Waals surface area contributed by atoms with Crippen molar-refractivity contribution in [3.63, 3.8) is 0 Å². The molecule has 0 radical (unpaired) electrons. The van der Waals surface area contributed by atoms with Crippen molar-refractivity contribution in [2.24, 2.45) is 5.92 Å². The van der Waals surface area contributed by atoms with Gasteiger partial charge in [-0.25, -0.2) is 13.1 Å². The Balaban J connectivity index is 2.17. The lowest BCUT2D eigenvalue weighted by Gasteiger charge is -2.29. The standard InChI is InChI=1S/C15H25N3O2S/c1-3-11-4-7-13(8-5-11)18-14-9-6-12(16)10-15(14)21(19,20)17-2/h6,9-11,13,17-18H,3-5,7-8,16H2,1-2H3. The van der Waals surface area contributed by atoms with Crippen LogP contribution >= 0.6 is 0 Å². The van der Waals surface area contributed by atoms with Crippen LogP contribution in [0.15, 0.2) is 23.1 Å². The molecule has 6 heteroatoms. The SMILES string of the molecule is CCC1CCC(Nc2ccc(N)cc2S(=O)(=O)NC)CC1. The molecule has 0 heterocycles. The molecule has 2 rings (SSSR count). The Hall–Kier alpha value is -1.27. The lowest BCUT2D eigenvalue weighted by atomic mass is 9.84. The van der Waals surface area contributed by atoms with E-state index in [0.29, 0.717) is 17.4 Å². The first-order chi connectivity index (χ1) is 9.96. The van der Waals surface area contributed by atoms with Gasteiger partial charge < -0.3 is 11.1 Å². The van der Waals surface area contributed by atoms with E-state index in [1.54, 1.807) is 12.1 Å². The zero-order valence-electron chi connectivity index (χ0n) is 12.7. The molecular weight excluding hydrogens is 286 g/mol. The van der Waals surface area contributed by atoms with Gasteiger partial charge in [0.15, 0.2) is 0 Å². The first-order valence-electron chi connectivity index (χ1n) is 7.56. The predicted molar refractivity (Wildman–Crippen MR) is 86.8 cm³/mol. The summed E-state index contributed by atoms with van der Waals surface area (Å²) >= 11 is 0. The predicted octanol–water partition coefficient (Wildman–Crippen LogP) is 2.56. The maximum atomic E-state index is 12.1. The number of anilines is 2. The summed E-state index contributed by atoms with van der Waals surface area (Å²) < 4.78 is 26.6. The molecular formula is C15H25N3O2S. The van der Waals surface area contributed by atoms with E-state index in [9.17, 15) is 8.42 Å². The van der Waals surface area contributed by atoms with Crippen LogP contribution in [0, 0.1) is 5.92 Å². The first kappa shape index (κ1) is 16.1. The molecule has 0 spiro atoms. The monoisotopic (exact) mass is 311 g/mol. The fraction of sp³-hybridized carbons (Fsp3) is 0.600. The van der Waals surface area contributed by atoms with Gasteiger partial charge in [-0.3, -0.25) is 0 Å². The quantitative estimate of drug-likeness (QED) is 0.730. The number of hydrogen-bond acceptors (Lipinski definition) is 4. The topological polar surface area (TPSA) is 84.2 Å². The van der Waals surface area contributed by atoms with Gasteiger partial charge in [0.2, 0.25) is 10.0 Å². The minimum Gasteiger partial charge on any atom is -0.399 e. The zero-order chi connectivity index (χ0) is 15.5. The molecule has 0 aliphatic heterocycles. The van der Waals surface area contributed by atoms with Crippen LogP contribution in [-0.4, -0.2) is 21.5 Å². The van der Waals surface area contributed by atoms with Crippen molar-refractivity contribution in [1.82, 2.24) is 4.72 Å². The molecule has 5 nitrogen and oxygen atoms in total. The number of rotatable bonds is 5. The average Bonchev–Trinajstić information content (AvgIpc) is 2.49. The van der Waals surface area contributed by atoms with Gasteiger partial charge in [0, 0.05) is 11.7 Å². The second-order valence-corrected chi connectivity index (χ2v) is 7.59. The number of nitrogens with one attached hydrogen (secondary N) is 2. The number of sulfonamides is 1. The second-order valence-electron chi connectivity index (χ2n) is 5.73. The van der Waals surface area contributed by atoms with E-state index in [2.05, 4.69) is 17.0 Å². The molecule has 1 aromatic rings. The molecule has 1 fully saturated rings. The molecule has 0 saturated heterocycles. The van der Waals surface area contributed by atoms with Crippen molar-refractivity contribution >= 4 is 21.4 Å². The van der Waals surface area contributed by atoms with Gasteiger partial charge in [-0.1, -0.05) is 13.3 Å². The summed E-state index contributed by atoms with van der Waals surface area (Å²) in [5, 5.41) is 3.39. The van der Waals surface area contributed by atoms with Crippen molar-refractivity contribution in [2.45, 2.75) is 50.0 Å². The third-order valence-corrected chi connectivity index (χ3v) is 5.80. The Morgan fingerprint density at radius 1 is 1.24 bits per heavy atom. The van der Waals surface area contributed by atoms with Crippen molar-refractivity contribution in [2.75, 3.05) is 18.1 Å². The van der Waals surface area contributed by atoms with E-state index in [-0.39, 0.29) is 4.90 Å². The van der Waals surface area contributed by atoms with Crippen molar-refractivity contribution < 1.29 is 8.42 Å². The number of hydrogen-bond donors (Lipinski definition) is 3. The number of nitrogens with two attached hydrogens (primary N) is 1. The average molecular weight is 311 g/mol. The summed E-state index contributed by atoms with van der Waals surface area (Å²) in [4.78, 5) is 0.225. The normalized spacial score (nSPS) is 23.0. The summed E-state index contributed by atoms with van der Waals surface area (Å²) in [6.07, 6.45) is 5.81. The van der Waals surface area contributed by atoms with Crippen molar-refractivity contribution in [1.29, 1.82) is 0 Å². The highest BCUT2D eigenvalue weighted by atomic mass is 32.2. The molecule has 0 aromatic heterocycles. The fourth-order valence-electron chi connectivity index (χ4n) is 2.93. The van der Waals surface area contributed by atoms with E-state index >= 15 is 0 Å². The third-order valence-electron chi connectivity index (χ3n) is 4.35. The number of nitrogen functional groups attached to an aromatic ring is 1. The Morgan fingerprint density at radius 2 is 1.90 bits per heavy atom. The van der Waals surface area contributed by atoms with Crippen molar-refractivity contribution in [3.05, 3.63) is 18.2 Å². The maximum Gasteiger partial charge on any atom is 0.242 e. The zero-order valence-corrected chi connectivity index (χ0v) is 13.5. The number of benzene rings is 1. The molecule has 21 heavy (non-hydrogen) atoms. The van der Waals surface area contributed by atoms with Crippen molar-refractivity contribution in [3.8, 4) is 0 Å². The van der Waals surface area contributed by atoms with Crippen LogP contribution in [-0.2, 0) is 10.0 Å². The van der Waals surface area contributed by atoms with E-state index in [0.717, 1.165) is 18.8 Å². The lowest BCUT2D eigenvalue weighted by Crippen LogP contribution is -2.28. The highest BCUT2D eigenvalue weighted by molar-refractivity contribution is 7.89. The molecule has 1 aliphatic carbocycles. The Morgan fingerprint density at radius 3 is 2.48 bits per heavy atom. The van der Waals surface area contributed by atoms with Crippen LogP contribution in [0.4, 0.5) is 11.4 Å². The summed E-state index contributed by atoms with van der Waals surface area (Å²) in [6.45, 7) is 2.23. The van der Waals surface area contributed by atoms with Crippen LogP contribution in [0.25, 0.3) is 0 Å². The smallest absolute Gasteiger partial charge is 0.242 e. The van der Waals surface area contributed by atoms with Gasteiger partial charge in [-0.2, -0.15) is 0 Å². The molecule has 0 bridgehead atoms. The summed E-state index contributed by atoms with van der Waals surface area (Å²) in [5.74, 6) is 0.815. The molecule has 1 saturated carbocycles. The lowest BCUT2D eigenvalue weighted by molar-refractivity contribution is 0.330. The van der Waals surface area contributed by atoms with Gasteiger partial charge in [0.05, 0.1) is 5.69 Å². The van der Waals surface area contributed by atoms with E-state index in [4.69, 9.17) is 5.73 Å². The van der Waals surface area contributed by atoms with Crippen LogP contribution in [0.2, 0.25) is 0 Å². The van der Waals surface area contributed by atoms with Crippen LogP contribution in [0.5, 0.6) is 0 Å². The molecule has 0 unspecified atom stereocenters. The summed E-state index contributed by atoms with van der Waals surface area (Å²) in [7, 11) is -2.10. The van der Waals surface area contributed by atoms with Crippen LogP contribution in [0.1, 0.15) is 39.0 Å². The maximum absolute atomic E-state index is 12.1. The van der Waals surface area contributed by atoms with E-state index in [1.165, 1.54) is 32.4 Å². The van der Waals surface area contributed by atoms with Gasteiger partial charge in [0.25, 0.3) is 0 Å². The molecule has 1 aromatic carbocycles. The molecule has 4 N–H and O–H groups in total. The Kier molecular flexibility index (Phi) is 5.11. The molecule has 0 amide bonds. The summed E-state index contributed by atoms with van der Waals surface area (Å²) in [6, 6.07) is 5.33. The molecule has 0 atom stereocenters. The van der Waals surface area contributed by atoms with E-state index < -0.39 is 10.0 Å². The highest BCUT2D eigenvalue weighted by Crippen LogP contribution is 2.31. The first-order valence-corrected chi connectivity index (χ1v) is 9.04. The molecule has 118 valence electrons. The second kappa shape index (κ2) is 6.66. The van der Waals surface area contributed by atoms with Gasteiger partial charge in [0.1, 0.15) is 4.90 Å². The largest absolute Gasteiger partial charge is 0.399 e. The minimum absolute atomic E-state index is 0.225. The van der Waals surface area contributed by atoms with Gasteiger partial charge in [-0.05, 0) is 56.8 Å². The summed E-state index contributed by atoms with van der Waals surface area (Å²) in [5.41, 5.74) is 6.81. The fourth-order valence-corrected chi connectivity index (χ4v) is 3.85. The third kappa shape index (κ3) is 3.89. The Bertz CT molecular complexity index is 579. The molecule has 1 aliphatic rings. The van der Waals surface area contributed by atoms with Crippen LogP contribution in [0.3, 0.4) is 0 Å². The van der Waals surface area contributed by atoms with E-state index in [1.807, 2.05) is 0 Å². The van der Waals surface area contributed by atoms with Gasteiger partial charge >= 0.3 is 0 Å².